The highest BCUT2D eigenvalue weighted by Gasteiger charge is 2.15. The van der Waals surface area contributed by atoms with E-state index in [2.05, 4.69) is 0 Å². The molecule has 0 atom stereocenters. The Kier molecular flexibility index (Phi) is 4.62. The van der Waals surface area contributed by atoms with Gasteiger partial charge in [-0.25, -0.2) is 5.01 Å². The summed E-state index contributed by atoms with van der Waals surface area (Å²) < 4.78 is 0. The van der Waals surface area contributed by atoms with Crippen molar-refractivity contribution in [2.45, 2.75) is 0 Å². The van der Waals surface area contributed by atoms with Crippen LogP contribution in [0.5, 0.6) is 0 Å². The first-order chi connectivity index (χ1) is 8.20. The lowest BCUT2D eigenvalue weighted by atomic mass is 10.3. The van der Waals surface area contributed by atoms with Crippen molar-refractivity contribution in [3.63, 3.8) is 0 Å². The van der Waals surface area contributed by atoms with Gasteiger partial charge in [-0.1, -0.05) is 18.2 Å². The number of hydrogen-bond acceptors (Lipinski definition) is 4. The number of para-hydroxylation sites is 1. The number of aldehydes is 1. The predicted molar refractivity (Wildman–Crippen MR) is 65.7 cm³/mol. The van der Waals surface area contributed by atoms with Crippen molar-refractivity contribution in [2.24, 2.45) is 0 Å². The van der Waals surface area contributed by atoms with Crippen molar-refractivity contribution < 1.29 is 9.59 Å². The van der Waals surface area contributed by atoms with Crippen LogP contribution in [0.1, 0.15) is 0 Å². The molecule has 0 heterocycles. The Bertz CT molecular complexity index is 429. The quantitative estimate of drug-likeness (QED) is 0.359. The topological polar surface area (TPSA) is 64.5 Å². The van der Waals surface area contributed by atoms with Crippen LogP contribution in [0.25, 0.3) is 0 Å². The maximum Gasteiger partial charge on any atom is 0.287 e. The summed E-state index contributed by atoms with van der Waals surface area (Å²) in [5.74, 6) is -0.491. The molecular formula is C12H13N3O2. The number of rotatable bonds is 5. The van der Waals surface area contributed by atoms with Gasteiger partial charge in [-0.3, -0.25) is 14.6 Å². The Morgan fingerprint density at radius 2 is 1.94 bits per heavy atom. The number of amides is 1. The molecule has 1 amide bonds. The SMILES string of the molecule is CN(/C=C/C=O)N(C(=O)C=N)c1ccccc1. The van der Waals surface area contributed by atoms with E-state index in [1.165, 1.54) is 22.3 Å². The van der Waals surface area contributed by atoms with Gasteiger partial charge >= 0.3 is 0 Å². The standard InChI is InChI=1S/C12H13N3O2/c1-14(8-5-9-16)15(12(17)10-13)11-6-3-2-4-7-11/h2-10,13H,1H3/b8-5+,13-10?. The van der Waals surface area contributed by atoms with Crippen LogP contribution >= 0.6 is 0 Å². The fourth-order valence-electron chi connectivity index (χ4n) is 1.32. The molecule has 1 aromatic carbocycles. The molecule has 1 aromatic rings. The second-order valence-corrected chi connectivity index (χ2v) is 3.18. The van der Waals surface area contributed by atoms with E-state index in [1.807, 2.05) is 6.07 Å². The lowest BCUT2D eigenvalue weighted by molar-refractivity contribution is -0.114. The van der Waals surface area contributed by atoms with E-state index in [0.29, 0.717) is 12.0 Å². The number of hydrogen-bond donors (Lipinski definition) is 1. The summed E-state index contributed by atoms with van der Waals surface area (Å²) >= 11 is 0. The zero-order valence-electron chi connectivity index (χ0n) is 9.41. The first kappa shape index (κ1) is 12.6. The average molecular weight is 231 g/mol. The van der Waals surface area contributed by atoms with Crippen LogP contribution in [-0.2, 0) is 9.59 Å². The van der Waals surface area contributed by atoms with Gasteiger partial charge in [0.2, 0.25) is 0 Å². The molecule has 0 aliphatic heterocycles. The number of nitrogens with one attached hydrogen (secondary N) is 1. The molecule has 0 aromatic heterocycles. The summed E-state index contributed by atoms with van der Waals surface area (Å²) in [5, 5.41) is 9.75. The van der Waals surface area contributed by atoms with E-state index in [-0.39, 0.29) is 0 Å². The van der Waals surface area contributed by atoms with Crippen molar-refractivity contribution in [2.75, 3.05) is 12.1 Å². The minimum atomic E-state index is -0.491. The van der Waals surface area contributed by atoms with Crippen LogP contribution in [0.2, 0.25) is 0 Å². The molecule has 5 nitrogen and oxygen atoms in total. The smallest absolute Gasteiger partial charge is 0.287 e. The van der Waals surface area contributed by atoms with Gasteiger partial charge in [-0.05, 0) is 18.2 Å². The molecule has 0 unspecified atom stereocenters. The fourth-order valence-corrected chi connectivity index (χ4v) is 1.32. The van der Waals surface area contributed by atoms with Gasteiger partial charge in [0.15, 0.2) is 0 Å². The lowest BCUT2D eigenvalue weighted by Crippen LogP contribution is -2.42. The first-order valence-corrected chi connectivity index (χ1v) is 4.95. The Morgan fingerprint density at radius 3 is 2.47 bits per heavy atom. The van der Waals surface area contributed by atoms with E-state index in [0.717, 1.165) is 6.21 Å². The monoisotopic (exact) mass is 231 g/mol. The third kappa shape index (κ3) is 3.27. The molecule has 5 heteroatoms. The Hall–Kier alpha value is -2.43. The molecule has 1 N–H and O–H groups in total. The summed E-state index contributed by atoms with van der Waals surface area (Å²) in [6.07, 6.45) is 4.06. The van der Waals surface area contributed by atoms with Crippen molar-refractivity contribution in [3.8, 4) is 0 Å². The molecular weight excluding hydrogens is 218 g/mol. The van der Waals surface area contributed by atoms with Gasteiger partial charge in [0.25, 0.3) is 5.91 Å². The highest BCUT2D eigenvalue weighted by Crippen LogP contribution is 2.14. The number of nitrogens with zero attached hydrogens (tertiary/aromatic N) is 2. The second kappa shape index (κ2) is 6.22. The number of hydrazine groups is 1. The summed E-state index contributed by atoms with van der Waals surface area (Å²) in [6.45, 7) is 0. The minimum Gasteiger partial charge on any atom is -0.303 e. The van der Waals surface area contributed by atoms with Gasteiger partial charge < -0.3 is 5.41 Å². The molecule has 0 aliphatic rings. The molecule has 88 valence electrons. The normalized spacial score (nSPS) is 9.94. The zero-order chi connectivity index (χ0) is 12.7. The largest absolute Gasteiger partial charge is 0.303 e. The second-order valence-electron chi connectivity index (χ2n) is 3.18. The first-order valence-electron chi connectivity index (χ1n) is 4.95. The molecule has 0 bridgehead atoms. The third-order valence-electron chi connectivity index (χ3n) is 2.03. The van der Waals surface area contributed by atoms with Crippen molar-refractivity contribution in [1.82, 2.24) is 5.01 Å². The van der Waals surface area contributed by atoms with Gasteiger partial charge in [0.1, 0.15) is 6.29 Å². The molecule has 0 fully saturated rings. The van der Waals surface area contributed by atoms with Crippen molar-refractivity contribution >= 4 is 24.1 Å². The van der Waals surface area contributed by atoms with Gasteiger partial charge in [-0.15, -0.1) is 0 Å². The highest BCUT2D eigenvalue weighted by molar-refractivity contribution is 6.31. The molecule has 0 saturated heterocycles. The van der Waals surface area contributed by atoms with Crippen LogP contribution in [0.3, 0.4) is 0 Å². The summed E-state index contributed by atoms with van der Waals surface area (Å²) in [6, 6.07) is 8.89. The Balaban J connectivity index is 3.04. The molecule has 0 saturated carbocycles. The molecule has 17 heavy (non-hydrogen) atoms. The number of carbonyl (C=O) groups is 2. The number of carbonyl (C=O) groups excluding carboxylic acids is 2. The van der Waals surface area contributed by atoms with Crippen molar-refractivity contribution in [3.05, 3.63) is 42.6 Å². The van der Waals surface area contributed by atoms with E-state index in [9.17, 15) is 9.59 Å². The molecule has 1 rings (SSSR count). The van der Waals surface area contributed by atoms with Crippen LogP contribution in [-0.4, -0.2) is 30.5 Å². The minimum absolute atomic E-state index is 0.491. The van der Waals surface area contributed by atoms with Gasteiger partial charge in [0, 0.05) is 13.2 Å². The van der Waals surface area contributed by atoms with Crippen LogP contribution < -0.4 is 5.01 Å². The maximum absolute atomic E-state index is 11.6. The van der Waals surface area contributed by atoms with Crippen LogP contribution in [0.15, 0.2) is 42.6 Å². The molecule has 0 aliphatic carbocycles. The average Bonchev–Trinajstić information content (AvgIpc) is 2.37. The van der Waals surface area contributed by atoms with E-state index >= 15 is 0 Å². The van der Waals surface area contributed by atoms with Crippen LogP contribution in [0.4, 0.5) is 5.69 Å². The summed E-state index contributed by atoms with van der Waals surface area (Å²) in [5.41, 5.74) is 0.624. The zero-order valence-corrected chi connectivity index (χ0v) is 9.41. The highest BCUT2D eigenvalue weighted by atomic mass is 16.2. The third-order valence-corrected chi connectivity index (χ3v) is 2.03. The molecule has 0 radical (unpaired) electrons. The number of allylic oxidation sites excluding steroid dienone is 1. The van der Waals surface area contributed by atoms with Crippen LogP contribution in [0, 0.1) is 5.41 Å². The number of anilines is 1. The summed E-state index contributed by atoms with van der Waals surface area (Å²) in [4.78, 5) is 21.9. The van der Waals surface area contributed by atoms with Gasteiger partial charge in [0.05, 0.1) is 11.9 Å². The van der Waals surface area contributed by atoms with E-state index in [4.69, 9.17) is 5.41 Å². The van der Waals surface area contributed by atoms with Gasteiger partial charge in [-0.2, -0.15) is 0 Å². The predicted octanol–water partition coefficient (Wildman–Crippen LogP) is 1.23. The van der Waals surface area contributed by atoms with E-state index < -0.39 is 5.91 Å². The fraction of sp³-hybridized carbons (Fsp3) is 0.0833. The Labute approximate surface area is 99.4 Å². The maximum atomic E-state index is 11.6. The summed E-state index contributed by atoms with van der Waals surface area (Å²) in [7, 11) is 1.62. The Morgan fingerprint density at radius 1 is 1.29 bits per heavy atom. The van der Waals surface area contributed by atoms with Crippen molar-refractivity contribution in [1.29, 1.82) is 5.41 Å². The number of benzene rings is 1. The van der Waals surface area contributed by atoms with E-state index in [1.54, 1.807) is 31.3 Å². The molecule has 0 spiro atoms. The lowest BCUT2D eigenvalue weighted by Gasteiger charge is -2.29.